The average Bonchev–Trinajstić information content (AvgIpc) is 2.69. The second-order valence-corrected chi connectivity index (χ2v) is 6.58. The Morgan fingerprint density at radius 1 is 1.26 bits per heavy atom. The molecule has 0 radical (unpaired) electrons. The Morgan fingerprint density at radius 2 is 2.00 bits per heavy atom. The van der Waals surface area contributed by atoms with Gasteiger partial charge in [-0.2, -0.15) is 0 Å². The minimum Gasteiger partial charge on any atom is -0.461 e. The van der Waals surface area contributed by atoms with Crippen LogP contribution in [0.1, 0.15) is 33.0 Å². The van der Waals surface area contributed by atoms with E-state index in [2.05, 4.69) is 32.2 Å². The number of nitrogens with one attached hydrogen (secondary N) is 1. The summed E-state index contributed by atoms with van der Waals surface area (Å²) in [5.41, 5.74) is 1.17. The van der Waals surface area contributed by atoms with Gasteiger partial charge in [0.05, 0.1) is 0 Å². The van der Waals surface area contributed by atoms with Gasteiger partial charge in [-0.25, -0.2) is 0 Å². The highest BCUT2D eigenvalue weighted by atomic mass is 35.5. The quantitative estimate of drug-likeness (QED) is 0.881. The van der Waals surface area contributed by atoms with Crippen molar-refractivity contribution >= 4 is 22.6 Å². The van der Waals surface area contributed by atoms with Crippen LogP contribution >= 0.6 is 11.6 Å². The van der Waals surface area contributed by atoms with Crippen molar-refractivity contribution in [1.29, 1.82) is 0 Å². The van der Waals surface area contributed by atoms with Crippen LogP contribution in [0, 0.1) is 5.41 Å². The molecule has 1 unspecified atom stereocenters. The second-order valence-electron chi connectivity index (χ2n) is 6.14. The van der Waals surface area contributed by atoms with Crippen molar-refractivity contribution in [1.82, 2.24) is 5.32 Å². The van der Waals surface area contributed by atoms with Crippen LogP contribution in [0.5, 0.6) is 0 Å². The molecule has 1 aromatic heterocycles. The van der Waals surface area contributed by atoms with Gasteiger partial charge in [0.1, 0.15) is 11.3 Å². The summed E-state index contributed by atoms with van der Waals surface area (Å²) >= 11 is 5.99. The van der Waals surface area contributed by atoms with E-state index in [1.807, 2.05) is 25.2 Å². The fourth-order valence-electron chi connectivity index (χ4n) is 2.49. The maximum Gasteiger partial charge on any atom is 0.134 e. The van der Waals surface area contributed by atoms with Crippen molar-refractivity contribution in [2.24, 2.45) is 5.41 Å². The van der Waals surface area contributed by atoms with Crippen LogP contribution in [0.4, 0.5) is 0 Å². The normalized spacial score (nSPS) is 13.9. The van der Waals surface area contributed by atoms with Gasteiger partial charge in [-0.3, -0.25) is 0 Å². The smallest absolute Gasteiger partial charge is 0.134 e. The standard InChI is InChI=1S/C16H22ClNO/c1-16(2,3)15(18-4)8-6-13-10-11-9-12(17)5-7-14(11)19-13/h5,7,9-10,15,18H,6,8H2,1-4H3. The molecule has 2 aromatic rings. The molecular weight excluding hydrogens is 258 g/mol. The minimum absolute atomic E-state index is 0.254. The predicted octanol–water partition coefficient (Wildman–Crippen LogP) is 4.65. The minimum atomic E-state index is 0.254. The SMILES string of the molecule is CNC(CCc1cc2cc(Cl)ccc2o1)C(C)(C)C. The van der Waals surface area contributed by atoms with E-state index in [0.717, 1.165) is 34.6 Å². The molecule has 0 saturated carbocycles. The topological polar surface area (TPSA) is 25.2 Å². The highest BCUT2D eigenvalue weighted by molar-refractivity contribution is 6.31. The predicted molar refractivity (Wildman–Crippen MR) is 81.8 cm³/mol. The summed E-state index contributed by atoms with van der Waals surface area (Å²) in [4.78, 5) is 0. The van der Waals surface area contributed by atoms with E-state index in [1.165, 1.54) is 0 Å². The van der Waals surface area contributed by atoms with E-state index in [4.69, 9.17) is 16.0 Å². The molecule has 0 aliphatic heterocycles. The van der Waals surface area contributed by atoms with Crippen molar-refractivity contribution < 1.29 is 4.42 Å². The lowest BCUT2D eigenvalue weighted by atomic mass is 9.84. The van der Waals surface area contributed by atoms with Crippen molar-refractivity contribution in [3.63, 3.8) is 0 Å². The zero-order chi connectivity index (χ0) is 14.0. The van der Waals surface area contributed by atoms with E-state index in [0.29, 0.717) is 6.04 Å². The van der Waals surface area contributed by atoms with Gasteiger partial charge in [0, 0.05) is 22.9 Å². The van der Waals surface area contributed by atoms with Crippen molar-refractivity contribution in [3.05, 3.63) is 35.0 Å². The van der Waals surface area contributed by atoms with Crippen LogP contribution in [0.25, 0.3) is 11.0 Å². The molecule has 19 heavy (non-hydrogen) atoms. The number of benzene rings is 1. The number of fused-ring (bicyclic) bond motifs is 1. The van der Waals surface area contributed by atoms with Gasteiger partial charge in [0.2, 0.25) is 0 Å². The number of aryl methyl sites for hydroxylation is 1. The monoisotopic (exact) mass is 279 g/mol. The molecule has 0 spiro atoms. The molecule has 104 valence electrons. The maximum absolute atomic E-state index is 5.99. The molecule has 3 heteroatoms. The Kier molecular flexibility index (Phi) is 4.22. The van der Waals surface area contributed by atoms with E-state index in [1.54, 1.807) is 0 Å². The Hall–Kier alpha value is -0.990. The highest BCUT2D eigenvalue weighted by Crippen LogP contribution is 2.26. The molecule has 0 aliphatic rings. The Bertz CT molecular complexity index is 553. The van der Waals surface area contributed by atoms with Gasteiger partial charge < -0.3 is 9.73 Å². The van der Waals surface area contributed by atoms with E-state index >= 15 is 0 Å². The summed E-state index contributed by atoms with van der Waals surface area (Å²) in [7, 11) is 2.02. The molecule has 2 rings (SSSR count). The molecule has 0 bridgehead atoms. The van der Waals surface area contributed by atoms with Crippen molar-refractivity contribution in [2.75, 3.05) is 7.05 Å². The van der Waals surface area contributed by atoms with Gasteiger partial charge >= 0.3 is 0 Å². The van der Waals surface area contributed by atoms with Crippen molar-refractivity contribution in [2.45, 2.75) is 39.7 Å². The molecule has 0 amide bonds. The summed E-state index contributed by atoms with van der Waals surface area (Å²) in [5, 5.41) is 5.23. The number of hydrogen-bond donors (Lipinski definition) is 1. The molecule has 1 atom stereocenters. The van der Waals surface area contributed by atoms with E-state index in [-0.39, 0.29) is 5.41 Å². The first kappa shape index (κ1) is 14.4. The lowest BCUT2D eigenvalue weighted by Crippen LogP contribution is -2.38. The van der Waals surface area contributed by atoms with Gasteiger partial charge in [-0.15, -0.1) is 0 Å². The molecule has 1 N–H and O–H groups in total. The van der Waals surface area contributed by atoms with Gasteiger partial charge in [-0.1, -0.05) is 32.4 Å². The Balaban J connectivity index is 2.09. The zero-order valence-corrected chi connectivity index (χ0v) is 12.8. The average molecular weight is 280 g/mol. The van der Waals surface area contributed by atoms with Crippen molar-refractivity contribution in [3.8, 4) is 0 Å². The lowest BCUT2D eigenvalue weighted by molar-refractivity contribution is 0.264. The maximum atomic E-state index is 5.99. The fraction of sp³-hybridized carbons (Fsp3) is 0.500. The number of furan rings is 1. The van der Waals surface area contributed by atoms with Crippen LogP contribution in [0.2, 0.25) is 5.02 Å². The Morgan fingerprint density at radius 3 is 2.63 bits per heavy atom. The third-order valence-electron chi connectivity index (χ3n) is 3.60. The third kappa shape index (κ3) is 3.52. The summed E-state index contributed by atoms with van der Waals surface area (Å²) in [6, 6.07) is 8.31. The molecule has 1 aromatic carbocycles. The molecule has 0 aliphatic carbocycles. The number of rotatable bonds is 4. The van der Waals surface area contributed by atoms with E-state index in [9.17, 15) is 0 Å². The first-order valence-electron chi connectivity index (χ1n) is 6.75. The van der Waals surface area contributed by atoms with Crippen LogP contribution in [0.15, 0.2) is 28.7 Å². The summed E-state index contributed by atoms with van der Waals surface area (Å²) in [5.74, 6) is 1.03. The Labute approximate surface area is 120 Å². The lowest BCUT2D eigenvalue weighted by Gasteiger charge is -2.30. The van der Waals surface area contributed by atoms with Crippen LogP contribution in [0.3, 0.4) is 0 Å². The summed E-state index contributed by atoms with van der Waals surface area (Å²) in [6.07, 6.45) is 2.00. The van der Waals surface area contributed by atoms with E-state index < -0.39 is 0 Å². The third-order valence-corrected chi connectivity index (χ3v) is 3.84. The summed E-state index contributed by atoms with van der Waals surface area (Å²) in [6.45, 7) is 6.77. The molecule has 1 heterocycles. The van der Waals surface area contributed by atoms with Crippen LogP contribution in [-0.2, 0) is 6.42 Å². The molecular formula is C16H22ClNO. The van der Waals surface area contributed by atoms with Gasteiger partial charge in [-0.05, 0) is 43.1 Å². The first-order valence-corrected chi connectivity index (χ1v) is 7.13. The largest absolute Gasteiger partial charge is 0.461 e. The second kappa shape index (κ2) is 5.56. The van der Waals surface area contributed by atoms with Gasteiger partial charge in [0.15, 0.2) is 0 Å². The number of halogens is 1. The van der Waals surface area contributed by atoms with Crippen LogP contribution in [-0.4, -0.2) is 13.1 Å². The summed E-state index contributed by atoms with van der Waals surface area (Å²) < 4.78 is 5.84. The number of hydrogen-bond acceptors (Lipinski definition) is 2. The van der Waals surface area contributed by atoms with Gasteiger partial charge in [0.25, 0.3) is 0 Å². The highest BCUT2D eigenvalue weighted by Gasteiger charge is 2.22. The zero-order valence-electron chi connectivity index (χ0n) is 12.1. The molecule has 0 saturated heterocycles. The van der Waals surface area contributed by atoms with Crippen LogP contribution < -0.4 is 5.32 Å². The fourth-order valence-corrected chi connectivity index (χ4v) is 2.67. The first-order chi connectivity index (χ1) is 8.90. The molecule has 0 fully saturated rings. The molecule has 2 nitrogen and oxygen atoms in total.